The normalized spacial score (nSPS) is 10.5. The number of benzene rings is 1. The molecule has 0 aliphatic carbocycles. The molecule has 2 heterocycles. The van der Waals surface area contributed by atoms with Crippen molar-refractivity contribution in [3.63, 3.8) is 0 Å². The number of nitrogens with two attached hydrogens (primary N) is 1. The Morgan fingerprint density at radius 2 is 2.05 bits per heavy atom. The molecule has 0 radical (unpaired) electrons. The van der Waals surface area contributed by atoms with Crippen LogP contribution in [0, 0.1) is 11.3 Å². The number of para-hydroxylation sites is 1. The second-order valence-corrected chi connectivity index (χ2v) is 6.26. The molecule has 0 saturated heterocycles. The maximum atomic E-state index is 12.0. The molecule has 0 amide bonds. The Bertz CT molecular complexity index is 871. The summed E-state index contributed by atoms with van der Waals surface area (Å²) in [5.74, 6) is 0. The van der Waals surface area contributed by atoms with Crippen molar-refractivity contribution < 1.29 is 4.42 Å². The Balaban J connectivity index is 2.27. The van der Waals surface area contributed by atoms with Crippen LogP contribution in [0.15, 0.2) is 45.6 Å². The van der Waals surface area contributed by atoms with E-state index in [1.54, 1.807) is 18.2 Å². The van der Waals surface area contributed by atoms with Gasteiger partial charge in [0.1, 0.15) is 0 Å². The van der Waals surface area contributed by atoms with E-state index in [4.69, 9.17) is 15.4 Å². The standard InChI is InChI=1S/C14H8N2O2Se/c15-7-9-6-12(19-13(9)16)10-5-8-3-1-2-4-11(8)18-14(10)17/h1-6H,16H2. The zero-order chi connectivity index (χ0) is 13.4. The summed E-state index contributed by atoms with van der Waals surface area (Å²) >= 11 is -0.192. The Kier molecular flexibility index (Phi) is 2.75. The summed E-state index contributed by atoms with van der Waals surface area (Å²) in [7, 11) is 0. The Hall–Kier alpha value is -2.28. The van der Waals surface area contributed by atoms with Gasteiger partial charge in [0.2, 0.25) is 0 Å². The van der Waals surface area contributed by atoms with E-state index in [1.165, 1.54) is 0 Å². The molecule has 0 aliphatic rings. The summed E-state index contributed by atoms with van der Waals surface area (Å²) in [4.78, 5) is 12.0. The first-order chi connectivity index (χ1) is 9.19. The Labute approximate surface area is 114 Å². The van der Waals surface area contributed by atoms with Gasteiger partial charge in [0.15, 0.2) is 0 Å². The predicted octanol–water partition coefficient (Wildman–Crippen LogP) is 1.97. The van der Waals surface area contributed by atoms with Gasteiger partial charge >= 0.3 is 114 Å². The third-order valence-corrected chi connectivity index (χ3v) is 4.88. The van der Waals surface area contributed by atoms with Crippen LogP contribution >= 0.6 is 0 Å². The summed E-state index contributed by atoms with van der Waals surface area (Å²) in [6.07, 6.45) is 0. The summed E-state index contributed by atoms with van der Waals surface area (Å²) in [6, 6.07) is 12.8. The molecule has 19 heavy (non-hydrogen) atoms. The molecule has 0 unspecified atom stereocenters. The zero-order valence-electron chi connectivity index (χ0n) is 9.71. The van der Waals surface area contributed by atoms with E-state index < -0.39 is 0 Å². The number of nitriles is 1. The molecule has 92 valence electrons. The molecule has 0 saturated carbocycles. The quantitative estimate of drug-likeness (QED) is 0.550. The van der Waals surface area contributed by atoms with E-state index in [1.807, 2.05) is 24.3 Å². The van der Waals surface area contributed by atoms with E-state index in [2.05, 4.69) is 0 Å². The fourth-order valence-corrected chi connectivity index (χ4v) is 3.71. The van der Waals surface area contributed by atoms with Gasteiger partial charge in [-0.15, -0.1) is 0 Å². The zero-order valence-corrected chi connectivity index (χ0v) is 11.4. The molecular weight excluding hydrogens is 307 g/mol. The average molecular weight is 315 g/mol. The molecule has 3 aromatic rings. The van der Waals surface area contributed by atoms with Gasteiger partial charge in [-0.2, -0.15) is 0 Å². The van der Waals surface area contributed by atoms with Crippen LogP contribution in [0.1, 0.15) is 5.56 Å². The average Bonchev–Trinajstić information content (AvgIpc) is 2.79. The molecule has 2 aromatic heterocycles. The topological polar surface area (TPSA) is 80.0 Å². The summed E-state index contributed by atoms with van der Waals surface area (Å²) in [5, 5.41) is 9.78. The summed E-state index contributed by atoms with van der Waals surface area (Å²) in [6.45, 7) is 0. The number of rotatable bonds is 1. The molecule has 0 spiro atoms. The van der Waals surface area contributed by atoms with Crippen LogP contribution in [0.5, 0.6) is 0 Å². The third-order valence-electron chi connectivity index (χ3n) is 2.79. The van der Waals surface area contributed by atoms with Gasteiger partial charge in [-0.25, -0.2) is 0 Å². The van der Waals surface area contributed by atoms with Crippen LogP contribution in [0.3, 0.4) is 0 Å². The van der Waals surface area contributed by atoms with Crippen molar-refractivity contribution in [2.75, 3.05) is 5.73 Å². The van der Waals surface area contributed by atoms with Gasteiger partial charge in [0.05, 0.1) is 0 Å². The van der Waals surface area contributed by atoms with Crippen molar-refractivity contribution in [3.8, 4) is 16.1 Å². The fourth-order valence-electron chi connectivity index (χ4n) is 1.86. The molecule has 4 nitrogen and oxygen atoms in total. The molecule has 2 N–H and O–H groups in total. The molecule has 0 bridgehead atoms. The van der Waals surface area contributed by atoms with Crippen LogP contribution in [0.2, 0.25) is 0 Å². The van der Waals surface area contributed by atoms with Crippen molar-refractivity contribution in [1.29, 1.82) is 5.26 Å². The number of hydrogen-bond acceptors (Lipinski definition) is 4. The van der Waals surface area contributed by atoms with Gasteiger partial charge in [0, 0.05) is 0 Å². The van der Waals surface area contributed by atoms with Gasteiger partial charge < -0.3 is 0 Å². The van der Waals surface area contributed by atoms with Gasteiger partial charge in [0.25, 0.3) is 0 Å². The second-order valence-electron chi connectivity index (χ2n) is 3.99. The molecule has 0 aliphatic heterocycles. The third kappa shape index (κ3) is 1.97. The monoisotopic (exact) mass is 316 g/mol. The van der Waals surface area contributed by atoms with Crippen LogP contribution in [0.25, 0.3) is 21.0 Å². The van der Waals surface area contributed by atoms with Crippen molar-refractivity contribution in [1.82, 2.24) is 0 Å². The maximum absolute atomic E-state index is 12.0. The number of hydrogen-bond donors (Lipinski definition) is 1. The Morgan fingerprint density at radius 3 is 2.79 bits per heavy atom. The second kappa shape index (κ2) is 4.43. The van der Waals surface area contributed by atoms with E-state index in [9.17, 15) is 4.79 Å². The van der Waals surface area contributed by atoms with Crippen LogP contribution in [-0.2, 0) is 0 Å². The van der Waals surface area contributed by atoms with Crippen molar-refractivity contribution in [2.24, 2.45) is 0 Å². The van der Waals surface area contributed by atoms with E-state index >= 15 is 0 Å². The van der Waals surface area contributed by atoms with Crippen molar-refractivity contribution >= 4 is 30.0 Å². The van der Waals surface area contributed by atoms with Crippen LogP contribution in [0.4, 0.5) is 4.56 Å². The first-order valence-electron chi connectivity index (χ1n) is 5.51. The molecule has 0 atom stereocenters. The van der Waals surface area contributed by atoms with E-state index in [0.717, 1.165) is 9.82 Å². The predicted molar refractivity (Wildman–Crippen MR) is 74.0 cm³/mol. The number of nitrogen functional groups attached to an aromatic ring is 1. The number of anilines is 1. The molecule has 3 rings (SSSR count). The van der Waals surface area contributed by atoms with Gasteiger partial charge in [-0.1, -0.05) is 0 Å². The molecular formula is C14H8N2O2Se. The number of nitrogens with zero attached hydrogens (tertiary/aromatic N) is 1. The van der Waals surface area contributed by atoms with Gasteiger partial charge in [-0.3, -0.25) is 0 Å². The fraction of sp³-hybridized carbons (Fsp3) is 0. The van der Waals surface area contributed by atoms with Crippen LogP contribution in [-0.4, -0.2) is 14.5 Å². The molecule has 5 heteroatoms. The Morgan fingerprint density at radius 1 is 1.26 bits per heavy atom. The van der Waals surface area contributed by atoms with Crippen LogP contribution < -0.4 is 11.4 Å². The minimum atomic E-state index is -0.390. The summed E-state index contributed by atoms with van der Waals surface area (Å²) in [5.41, 5.74) is 6.89. The minimum absolute atomic E-state index is 0.192. The van der Waals surface area contributed by atoms with E-state index in [0.29, 0.717) is 21.3 Å². The van der Waals surface area contributed by atoms with Gasteiger partial charge in [-0.05, 0) is 0 Å². The molecule has 1 aromatic carbocycles. The van der Waals surface area contributed by atoms with E-state index in [-0.39, 0.29) is 20.1 Å². The first kappa shape index (κ1) is 11.8. The molecule has 0 fully saturated rings. The number of fused-ring (bicyclic) bond motifs is 1. The summed E-state index contributed by atoms with van der Waals surface area (Å²) < 4.78 is 6.63. The SMILES string of the molecule is N#Cc1cc(-c2cc3ccccc3oc2=O)[se]c1N. The van der Waals surface area contributed by atoms with Crippen molar-refractivity contribution in [2.45, 2.75) is 0 Å². The first-order valence-corrected chi connectivity index (χ1v) is 7.23. The van der Waals surface area contributed by atoms with Crippen molar-refractivity contribution in [3.05, 3.63) is 52.4 Å².